The number of hydrogen-bond acceptors (Lipinski definition) is 1. The third kappa shape index (κ3) is 4.65. The van der Waals surface area contributed by atoms with E-state index in [0.717, 1.165) is 49.9 Å². The van der Waals surface area contributed by atoms with Gasteiger partial charge in [-0.05, 0) is 93.5 Å². The number of rotatable bonds is 5. The van der Waals surface area contributed by atoms with E-state index in [4.69, 9.17) is 4.42 Å². The van der Waals surface area contributed by atoms with Crippen LogP contribution in [0.5, 0.6) is 0 Å². The number of furan rings is 1. The van der Waals surface area contributed by atoms with Gasteiger partial charge in [0.15, 0.2) is 0 Å². The molecule has 0 aliphatic carbocycles. The zero-order valence-electron chi connectivity index (χ0n) is 27.3. The molecule has 10 rings (SSSR count). The highest BCUT2D eigenvalue weighted by Crippen LogP contribution is 2.41. The molecule has 0 radical (unpaired) electrons. The van der Waals surface area contributed by atoms with Crippen LogP contribution in [0.3, 0.4) is 0 Å². The van der Waals surface area contributed by atoms with E-state index in [9.17, 15) is 0 Å². The van der Waals surface area contributed by atoms with E-state index < -0.39 is 0 Å². The maximum absolute atomic E-state index is 6.54. The number of hydrogen-bond donors (Lipinski definition) is 0. The second-order valence-corrected chi connectivity index (χ2v) is 12.9. The second kappa shape index (κ2) is 11.5. The third-order valence-electron chi connectivity index (χ3n) is 9.99. The largest absolute Gasteiger partial charge is 0.455 e. The molecular weight excluding hydrogens is 607 g/mol. The molecule has 8 aromatic carbocycles. The van der Waals surface area contributed by atoms with Gasteiger partial charge in [0, 0.05) is 32.8 Å². The first-order valence-electron chi connectivity index (χ1n) is 17.1. The fourth-order valence-corrected chi connectivity index (χ4v) is 7.58. The fourth-order valence-electron chi connectivity index (χ4n) is 7.58. The van der Waals surface area contributed by atoms with Crippen LogP contribution in [0, 0.1) is 0 Å². The van der Waals surface area contributed by atoms with Crippen LogP contribution in [0.25, 0.3) is 93.9 Å². The summed E-state index contributed by atoms with van der Waals surface area (Å²) < 4.78 is 8.91. The molecule has 0 amide bonds. The van der Waals surface area contributed by atoms with Crippen molar-refractivity contribution >= 4 is 43.7 Å². The average Bonchev–Trinajstić information content (AvgIpc) is 3.74. The van der Waals surface area contributed by atoms with E-state index in [1.54, 1.807) is 0 Å². The molecule has 2 nitrogen and oxygen atoms in total. The van der Waals surface area contributed by atoms with Gasteiger partial charge >= 0.3 is 0 Å². The van der Waals surface area contributed by atoms with Crippen LogP contribution in [0.15, 0.2) is 192 Å². The Morgan fingerprint density at radius 3 is 1.68 bits per heavy atom. The molecule has 2 heteroatoms. The molecule has 0 fully saturated rings. The van der Waals surface area contributed by atoms with Gasteiger partial charge in [-0.25, -0.2) is 0 Å². The quantitative estimate of drug-likeness (QED) is 0.184. The second-order valence-electron chi connectivity index (χ2n) is 12.9. The van der Waals surface area contributed by atoms with Crippen molar-refractivity contribution < 1.29 is 4.42 Å². The molecule has 0 bridgehead atoms. The monoisotopic (exact) mass is 637 g/mol. The molecule has 0 saturated heterocycles. The van der Waals surface area contributed by atoms with Crippen molar-refractivity contribution in [2.24, 2.45) is 0 Å². The van der Waals surface area contributed by atoms with E-state index in [1.165, 1.54) is 44.1 Å². The van der Waals surface area contributed by atoms with Crippen molar-refractivity contribution in [3.05, 3.63) is 188 Å². The van der Waals surface area contributed by atoms with E-state index >= 15 is 0 Å². The standard InChI is InChI=1S/C48H31NO/c1-3-12-32(13-4-1)33-22-24-34(25-23-33)36-28-37(30-38(29-36)40-18-11-19-43-42-17-8-10-21-47(42)50-48(40)43)35-26-27-46-44(31-35)41-16-7-9-20-45(41)49(46)39-14-5-2-6-15-39/h1-31H. The summed E-state index contributed by atoms with van der Waals surface area (Å²) in [5, 5.41) is 4.75. The summed E-state index contributed by atoms with van der Waals surface area (Å²) in [7, 11) is 0. The summed E-state index contributed by atoms with van der Waals surface area (Å²) in [5.74, 6) is 0. The van der Waals surface area contributed by atoms with Gasteiger partial charge in [-0.2, -0.15) is 0 Å². The molecule has 0 aliphatic heterocycles. The average molecular weight is 638 g/mol. The van der Waals surface area contributed by atoms with Crippen molar-refractivity contribution in [3.8, 4) is 50.2 Å². The van der Waals surface area contributed by atoms with Gasteiger partial charge in [0.25, 0.3) is 0 Å². The minimum atomic E-state index is 0.906. The van der Waals surface area contributed by atoms with Gasteiger partial charge in [0.1, 0.15) is 11.2 Å². The summed E-state index contributed by atoms with van der Waals surface area (Å²) >= 11 is 0. The molecule has 2 aromatic heterocycles. The highest BCUT2D eigenvalue weighted by atomic mass is 16.3. The molecule has 0 atom stereocenters. The highest BCUT2D eigenvalue weighted by Gasteiger charge is 2.17. The highest BCUT2D eigenvalue weighted by molar-refractivity contribution is 6.11. The van der Waals surface area contributed by atoms with Crippen molar-refractivity contribution in [2.75, 3.05) is 0 Å². The maximum atomic E-state index is 6.54. The first-order valence-corrected chi connectivity index (χ1v) is 17.1. The van der Waals surface area contributed by atoms with Crippen LogP contribution >= 0.6 is 0 Å². The molecule has 0 N–H and O–H groups in total. The Balaban J connectivity index is 1.18. The van der Waals surface area contributed by atoms with Gasteiger partial charge < -0.3 is 8.98 Å². The Morgan fingerprint density at radius 1 is 0.320 bits per heavy atom. The van der Waals surface area contributed by atoms with Crippen molar-refractivity contribution in [2.45, 2.75) is 0 Å². The number of fused-ring (bicyclic) bond motifs is 6. The molecule has 2 heterocycles. The van der Waals surface area contributed by atoms with Crippen molar-refractivity contribution in [1.82, 2.24) is 4.57 Å². The lowest BCUT2D eigenvalue weighted by Crippen LogP contribution is -1.93. The molecule has 0 saturated carbocycles. The smallest absolute Gasteiger partial charge is 0.143 e. The number of aromatic nitrogens is 1. The lowest BCUT2D eigenvalue weighted by atomic mass is 9.91. The van der Waals surface area contributed by atoms with Gasteiger partial charge in [-0.3, -0.25) is 0 Å². The lowest BCUT2D eigenvalue weighted by molar-refractivity contribution is 0.670. The van der Waals surface area contributed by atoms with Crippen LogP contribution in [0.2, 0.25) is 0 Å². The van der Waals surface area contributed by atoms with Crippen molar-refractivity contribution in [3.63, 3.8) is 0 Å². The van der Waals surface area contributed by atoms with Crippen LogP contribution in [-0.4, -0.2) is 4.57 Å². The Kier molecular flexibility index (Phi) is 6.53. The Morgan fingerprint density at radius 2 is 0.880 bits per heavy atom. The molecule has 0 aliphatic rings. The topological polar surface area (TPSA) is 18.1 Å². The molecule has 0 unspecified atom stereocenters. The Labute approximate surface area is 290 Å². The molecule has 10 aromatic rings. The number of benzene rings is 8. The first kappa shape index (κ1) is 28.4. The van der Waals surface area contributed by atoms with Gasteiger partial charge in [0.05, 0.1) is 11.0 Å². The first-order chi connectivity index (χ1) is 24.8. The Hall–Kier alpha value is -6.64. The summed E-state index contributed by atoms with van der Waals surface area (Å²) in [4.78, 5) is 0. The minimum Gasteiger partial charge on any atom is -0.455 e. The van der Waals surface area contributed by atoms with E-state index in [0.29, 0.717) is 0 Å². The SMILES string of the molecule is c1ccc(-c2ccc(-c3cc(-c4ccc5c(c4)c4ccccc4n5-c4ccccc4)cc(-c4cccc5c4oc4ccccc45)c3)cc2)cc1. The summed E-state index contributed by atoms with van der Waals surface area (Å²) in [5.41, 5.74) is 14.7. The van der Waals surface area contributed by atoms with Crippen LogP contribution in [0.4, 0.5) is 0 Å². The zero-order valence-corrected chi connectivity index (χ0v) is 27.3. The van der Waals surface area contributed by atoms with Crippen molar-refractivity contribution in [1.29, 1.82) is 0 Å². The third-order valence-corrected chi connectivity index (χ3v) is 9.99. The maximum Gasteiger partial charge on any atom is 0.143 e. The van der Waals surface area contributed by atoms with Gasteiger partial charge in [-0.15, -0.1) is 0 Å². The lowest BCUT2D eigenvalue weighted by Gasteiger charge is -2.13. The predicted octanol–water partition coefficient (Wildman–Crippen LogP) is 13.4. The summed E-state index contributed by atoms with van der Waals surface area (Å²) in [6.45, 7) is 0. The van der Waals surface area contributed by atoms with Crippen LogP contribution in [-0.2, 0) is 0 Å². The summed E-state index contributed by atoms with van der Waals surface area (Å²) in [6, 6.07) is 67.5. The van der Waals surface area contributed by atoms with Crippen LogP contribution < -0.4 is 0 Å². The van der Waals surface area contributed by atoms with E-state index in [-0.39, 0.29) is 0 Å². The molecule has 234 valence electrons. The van der Waals surface area contributed by atoms with E-state index in [2.05, 4.69) is 187 Å². The summed E-state index contributed by atoms with van der Waals surface area (Å²) in [6.07, 6.45) is 0. The van der Waals surface area contributed by atoms with E-state index in [1.807, 2.05) is 6.07 Å². The fraction of sp³-hybridized carbons (Fsp3) is 0. The Bertz CT molecular complexity index is 2840. The van der Waals surface area contributed by atoms with Gasteiger partial charge in [0.2, 0.25) is 0 Å². The molecule has 50 heavy (non-hydrogen) atoms. The zero-order chi connectivity index (χ0) is 33.0. The number of nitrogens with zero attached hydrogens (tertiary/aromatic N) is 1. The predicted molar refractivity (Wildman–Crippen MR) is 210 cm³/mol. The molecule has 0 spiro atoms. The van der Waals surface area contributed by atoms with Gasteiger partial charge in [-0.1, -0.05) is 133 Å². The normalized spacial score (nSPS) is 11.6. The minimum absolute atomic E-state index is 0.906. The number of para-hydroxylation sites is 4. The molecular formula is C48H31NO. The van der Waals surface area contributed by atoms with Crippen LogP contribution in [0.1, 0.15) is 0 Å².